The Morgan fingerprint density at radius 1 is 1.35 bits per heavy atom. The van der Waals surface area contributed by atoms with E-state index in [1.54, 1.807) is 0 Å². The lowest BCUT2D eigenvalue weighted by Crippen LogP contribution is -2.54. The molecule has 1 N–H and O–H groups in total. The van der Waals surface area contributed by atoms with Gasteiger partial charge in [-0.2, -0.15) is 0 Å². The quantitative estimate of drug-likeness (QED) is 0.819. The van der Waals surface area contributed by atoms with Gasteiger partial charge in [0.15, 0.2) is 0 Å². The van der Waals surface area contributed by atoms with Gasteiger partial charge in [-0.3, -0.25) is 4.79 Å². The van der Waals surface area contributed by atoms with E-state index < -0.39 is 5.97 Å². The van der Waals surface area contributed by atoms with E-state index in [0.717, 1.165) is 18.0 Å². The second-order valence-corrected chi connectivity index (χ2v) is 7.68. The maximum Gasteiger partial charge on any atom is 0.303 e. The van der Waals surface area contributed by atoms with Gasteiger partial charge in [0.2, 0.25) is 0 Å². The van der Waals surface area contributed by atoms with Crippen LogP contribution < -0.4 is 4.90 Å². The first-order valence-electron chi connectivity index (χ1n) is 8.81. The molecule has 1 spiro atoms. The molecule has 1 heterocycles. The lowest BCUT2D eigenvalue weighted by molar-refractivity contribution is -0.137. The topological polar surface area (TPSA) is 40.5 Å². The van der Waals surface area contributed by atoms with Crippen LogP contribution in [-0.4, -0.2) is 23.2 Å². The van der Waals surface area contributed by atoms with Crippen LogP contribution in [0.5, 0.6) is 0 Å². The van der Waals surface area contributed by atoms with Crippen molar-refractivity contribution in [3.8, 4) is 0 Å². The number of anilines is 1. The van der Waals surface area contributed by atoms with Crippen LogP contribution in [-0.2, 0) is 4.79 Å². The zero-order chi connectivity index (χ0) is 16.4. The lowest BCUT2D eigenvalue weighted by Gasteiger charge is -2.53. The van der Waals surface area contributed by atoms with Crippen LogP contribution >= 0.6 is 11.6 Å². The van der Waals surface area contributed by atoms with Gasteiger partial charge < -0.3 is 10.0 Å². The molecule has 0 bridgehead atoms. The summed E-state index contributed by atoms with van der Waals surface area (Å²) in [4.78, 5) is 13.4. The van der Waals surface area contributed by atoms with E-state index in [0.29, 0.717) is 12.3 Å². The number of fused-ring (bicyclic) bond motifs is 1. The Hall–Kier alpha value is -1.22. The first-order chi connectivity index (χ1) is 11.0. The van der Waals surface area contributed by atoms with Crippen LogP contribution in [0.1, 0.15) is 69.8 Å². The van der Waals surface area contributed by atoms with Crippen LogP contribution in [0.2, 0.25) is 5.02 Å². The van der Waals surface area contributed by atoms with Gasteiger partial charge >= 0.3 is 5.97 Å². The molecule has 1 unspecified atom stereocenters. The molecule has 3 rings (SSSR count). The van der Waals surface area contributed by atoms with Crippen LogP contribution in [0.3, 0.4) is 0 Å². The molecule has 0 aromatic heterocycles. The standard InChI is InChI=1S/C19H26ClNO2/c1-14-13-19(9-3-2-4-10-19)21(11-5-6-18(22)23)17-8-7-15(20)12-16(14)17/h7-8,12,14H,2-6,9-11,13H2,1H3,(H,22,23). The maximum atomic E-state index is 10.9. The lowest BCUT2D eigenvalue weighted by atomic mass is 9.70. The number of carboxylic acid groups (broad SMARTS) is 1. The molecule has 1 atom stereocenters. The van der Waals surface area contributed by atoms with Gasteiger partial charge in [0.25, 0.3) is 0 Å². The fraction of sp³-hybridized carbons (Fsp3) is 0.632. The zero-order valence-electron chi connectivity index (χ0n) is 13.9. The van der Waals surface area contributed by atoms with Crippen LogP contribution in [0, 0.1) is 0 Å². The Morgan fingerprint density at radius 2 is 2.09 bits per heavy atom. The summed E-state index contributed by atoms with van der Waals surface area (Å²) in [6, 6.07) is 6.21. The van der Waals surface area contributed by atoms with E-state index in [1.165, 1.54) is 43.4 Å². The predicted molar refractivity (Wildman–Crippen MR) is 94.5 cm³/mol. The highest BCUT2D eigenvalue weighted by molar-refractivity contribution is 6.30. The SMILES string of the molecule is CC1CC2(CCCCC2)N(CCCC(=O)O)c2ccc(Cl)cc21. The van der Waals surface area contributed by atoms with Gasteiger partial charge in [-0.25, -0.2) is 0 Å². The minimum atomic E-state index is -0.704. The molecule has 1 fully saturated rings. The summed E-state index contributed by atoms with van der Waals surface area (Å²) in [5.41, 5.74) is 2.82. The molecule has 1 aliphatic carbocycles. The van der Waals surface area contributed by atoms with E-state index in [-0.39, 0.29) is 12.0 Å². The maximum absolute atomic E-state index is 10.9. The highest BCUT2D eigenvalue weighted by atomic mass is 35.5. The number of halogens is 1. The minimum absolute atomic E-state index is 0.219. The average molecular weight is 336 g/mol. The van der Waals surface area contributed by atoms with Crippen LogP contribution in [0.4, 0.5) is 5.69 Å². The summed E-state index contributed by atoms with van der Waals surface area (Å²) in [5, 5.41) is 9.77. The van der Waals surface area contributed by atoms with Gasteiger partial charge in [-0.15, -0.1) is 0 Å². The van der Waals surface area contributed by atoms with Crippen molar-refractivity contribution in [3.63, 3.8) is 0 Å². The van der Waals surface area contributed by atoms with Gasteiger partial charge in [-0.1, -0.05) is 37.8 Å². The second-order valence-electron chi connectivity index (χ2n) is 7.24. The Bertz CT molecular complexity index is 581. The molecule has 1 aromatic carbocycles. The molecular formula is C19H26ClNO2. The van der Waals surface area contributed by atoms with Crippen molar-refractivity contribution < 1.29 is 9.90 Å². The third-order valence-corrected chi connectivity index (χ3v) is 5.86. The third kappa shape index (κ3) is 3.35. The first-order valence-corrected chi connectivity index (χ1v) is 9.18. The Kier molecular flexibility index (Phi) is 4.86. The van der Waals surface area contributed by atoms with Crippen LogP contribution in [0.25, 0.3) is 0 Å². The molecule has 3 nitrogen and oxygen atoms in total. The monoisotopic (exact) mass is 335 g/mol. The van der Waals surface area contributed by atoms with Gasteiger partial charge in [0.1, 0.15) is 0 Å². The normalized spacial score (nSPS) is 22.9. The number of aliphatic carboxylic acids is 1. The summed E-state index contributed by atoms with van der Waals surface area (Å²) < 4.78 is 0. The average Bonchev–Trinajstić information content (AvgIpc) is 2.51. The van der Waals surface area contributed by atoms with Crippen LogP contribution in [0.15, 0.2) is 18.2 Å². The van der Waals surface area contributed by atoms with E-state index >= 15 is 0 Å². The summed E-state index contributed by atoms with van der Waals surface area (Å²) in [6.45, 7) is 3.13. The fourth-order valence-electron chi connectivity index (χ4n) is 4.64. The van der Waals surface area contributed by atoms with Gasteiger partial charge in [0.05, 0.1) is 0 Å². The molecule has 126 valence electrons. The summed E-state index contributed by atoms with van der Waals surface area (Å²) >= 11 is 6.22. The summed E-state index contributed by atoms with van der Waals surface area (Å²) in [5.74, 6) is -0.193. The largest absolute Gasteiger partial charge is 0.481 e. The molecule has 0 radical (unpaired) electrons. The predicted octanol–water partition coefficient (Wildman–Crippen LogP) is 5.22. The van der Waals surface area contributed by atoms with Crippen molar-refractivity contribution in [1.82, 2.24) is 0 Å². The minimum Gasteiger partial charge on any atom is -0.481 e. The number of hydrogen-bond acceptors (Lipinski definition) is 2. The second kappa shape index (κ2) is 6.72. The third-order valence-electron chi connectivity index (χ3n) is 5.63. The number of benzene rings is 1. The Balaban J connectivity index is 1.93. The molecular weight excluding hydrogens is 310 g/mol. The molecule has 1 aliphatic heterocycles. The van der Waals surface area contributed by atoms with Crippen molar-refractivity contribution in [3.05, 3.63) is 28.8 Å². The Labute approximate surface area is 143 Å². The molecule has 1 saturated carbocycles. The molecule has 0 amide bonds. The number of carbonyl (C=O) groups is 1. The highest BCUT2D eigenvalue weighted by Crippen LogP contribution is 2.50. The number of rotatable bonds is 4. The number of nitrogens with zero attached hydrogens (tertiary/aromatic N) is 1. The molecule has 1 aromatic rings. The van der Waals surface area contributed by atoms with Gasteiger partial charge in [-0.05, 0) is 55.4 Å². The highest BCUT2D eigenvalue weighted by Gasteiger charge is 2.43. The first kappa shape index (κ1) is 16.6. The van der Waals surface area contributed by atoms with Gasteiger partial charge in [0, 0.05) is 29.2 Å². The van der Waals surface area contributed by atoms with Crippen molar-refractivity contribution in [2.75, 3.05) is 11.4 Å². The molecule has 4 heteroatoms. The number of carboxylic acids is 1. The van der Waals surface area contributed by atoms with E-state index in [4.69, 9.17) is 16.7 Å². The summed E-state index contributed by atoms with van der Waals surface area (Å²) in [6.07, 6.45) is 8.45. The molecule has 0 saturated heterocycles. The summed E-state index contributed by atoms with van der Waals surface area (Å²) in [7, 11) is 0. The van der Waals surface area contributed by atoms with E-state index in [2.05, 4.69) is 24.0 Å². The molecule has 2 aliphatic rings. The van der Waals surface area contributed by atoms with Crippen molar-refractivity contribution in [2.45, 2.75) is 69.7 Å². The Morgan fingerprint density at radius 3 is 2.78 bits per heavy atom. The number of hydrogen-bond donors (Lipinski definition) is 1. The van der Waals surface area contributed by atoms with Crippen molar-refractivity contribution in [2.24, 2.45) is 0 Å². The fourth-order valence-corrected chi connectivity index (χ4v) is 4.82. The molecule has 23 heavy (non-hydrogen) atoms. The smallest absolute Gasteiger partial charge is 0.303 e. The zero-order valence-corrected chi connectivity index (χ0v) is 14.6. The van der Waals surface area contributed by atoms with Crippen molar-refractivity contribution >= 4 is 23.3 Å². The van der Waals surface area contributed by atoms with Crippen molar-refractivity contribution in [1.29, 1.82) is 0 Å². The van der Waals surface area contributed by atoms with E-state index in [1.807, 2.05) is 6.07 Å². The van der Waals surface area contributed by atoms with E-state index in [9.17, 15) is 4.79 Å².